The second kappa shape index (κ2) is 6.25. The van der Waals surface area contributed by atoms with Crippen molar-refractivity contribution in [2.75, 3.05) is 4.90 Å². The molecule has 0 bridgehead atoms. The first-order valence-corrected chi connectivity index (χ1v) is 8.82. The van der Waals surface area contributed by atoms with Crippen molar-refractivity contribution in [3.8, 4) is 0 Å². The number of benzene rings is 3. The summed E-state index contributed by atoms with van der Waals surface area (Å²) >= 11 is 0. The molecule has 0 radical (unpaired) electrons. The van der Waals surface area contributed by atoms with Gasteiger partial charge in [0.15, 0.2) is 0 Å². The molecule has 2 heterocycles. The van der Waals surface area contributed by atoms with Crippen molar-refractivity contribution in [2.24, 2.45) is 4.99 Å². The topological polar surface area (TPSA) is 45.8 Å². The number of anilines is 2. The van der Waals surface area contributed by atoms with Crippen LogP contribution in [-0.4, -0.2) is 6.21 Å². The van der Waals surface area contributed by atoms with Crippen LogP contribution >= 0.6 is 0 Å². The summed E-state index contributed by atoms with van der Waals surface area (Å²) in [5.41, 5.74) is 3.82. The van der Waals surface area contributed by atoms with Gasteiger partial charge in [-0.05, 0) is 29.8 Å². The Morgan fingerprint density at radius 2 is 1.59 bits per heavy atom. The summed E-state index contributed by atoms with van der Waals surface area (Å²) in [5, 5.41) is 0.563. The van der Waals surface area contributed by atoms with Crippen LogP contribution in [0, 0.1) is 0 Å². The molecule has 5 rings (SSSR count). The van der Waals surface area contributed by atoms with E-state index in [1.165, 1.54) is 0 Å². The van der Waals surface area contributed by atoms with Crippen molar-refractivity contribution in [3.63, 3.8) is 0 Å². The molecule has 0 fully saturated rings. The first-order chi connectivity index (χ1) is 13.3. The standard InChI is InChI=1S/C23H16N2O2/c26-22-17-10-4-7-13-21(17)27-23-18(22)14-24-19-11-5-6-12-20(19)25(23)15-16-8-2-1-3-9-16/h1-14H,15H2. The van der Waals surface area contributed by atoms with Gasteiger partial charge in [-0.15, -0.1) is 0 Å². The van der Waals surface area contributed by atoms with Gasteiger partial charge in [0.1, 0.15) is 11.1 Å². The SMILES string of the molecule is O=c1c2c(oc3ccccc13)N(Cc1ccccc1)c1ccccc1N=C2. The van der Waals surface area contributed by atoms with Gasteiger partial charge in [-0.2, -0.15) is 0 Å². The molecule has 0 saturated heterocycles. The Kier molecular flexibility index (Phi) is 3.61. The van der Waals surface area contributed by atoms with Gasteiger partial charge in [-0.25, -0.2) is 0 Å². The van der Waals surface area contributed by atoms with Crippen LogP contribution in [-0.2, 0) is 6.54 Å². The molecule has 0 amide bonds. The third-order valence-corrected chi connectivity index (χ3v) is 4.75. The Balaban J connectivity index is 1.79. The molecule has 1 aromatic heterocycles. The first kappa shape index (κ1) is 15.6. The maximum absolute atomic E-state index is 13.1. The molecule has 4 aromatic rings. The lowest BCUT2D eigenvalue weighted by molar-refractivity contribution is 0.592. The summed E-state index contributed by atoms with van der Waals surface area (Å²) in [7, 11) is 0. The number of fused-ring (bicyclic) bond motifs is 3. The van der Waals surface area contributed by atoms with E-state index in [9.17, 15) is 4.79 Å². The minimum atomic E-state index is -0.0681. The van der Waals surface area contributed by atoms with Crippen LogP contribution in [0.1, 0.15) is 11.1 Å². The number of hydrogen-bond donors (Lipinski definition) is 0. The van der Waals surface area contributed by atoms with Crippen LogP contribution in [0.4, 0.5) is 17.3 Å². The third kappa shape index (κ3) is 2.62. The Bertz CT molecular complexity index is 1230. The lowest BCUT2D eigenvalue weighted by Crippen LogP contribution is -2.21. The third-order valence-electron chi connectivity index (χ3n) is 4.75. The minimum Gasteiger partial charge on any atom is -0.439 e. The largest absolute Gasteiger partial charge is 0.439 e. The first-order valence-electron chi connectivity index (χ1n) is 8.82. The minimum absolute atomic E-state index is 0.0681. The number of nitrogens with zero attached hydrogens (tertiary/aromatic N) is 2. The van der Waals surface area contributed by atoms with Gasteiger partial charge >= 0.3 is 0 Å². The molecule has 0 spiro atoms. The monoisotopic (exact) mass is 352 g/mol. The Labute approximate surface area is 156 Å². The highest BCUT2D eigenvalue weighted by atomic mass is 16.4. The average molecular weight is 352 g/mol. The summed E-state index contributed by atoms with van der Waals surface area (Å²) in [6.45, 7) is 0.579. The van der Waals surface area contributed by atoms with Crippen LogP contribution < -0.4 is 10.3 Å². The van der Waals surface area contributed by atoms with Crippen molar-refractivity contribution >= 4 is 34.4 Å². The predicted octanol–water partition coefficient (Wildman–Crippen LogP) is 5.20. The van der Waals surface area contributed by atoms with Crippen LogP contribution in [0.25, 0.3) is 11.0 Å². The lowest BCUT2D eigenvalue weighted by atomic mass is 10.1. The highest BCUT2D eigenvalue weighted by Crippen LogP contribution is 2.39. The summed E-state index contributed by atoms with van der Waals surface area (Å²) in [6, 6.07) is 25.3. The van der Waals surface area contributed by atoms with E-state index in [-0.39, 0.29) is 5.43 Å². The molecule has 4 nitrogen and oxygen atoms in total. The van der Waals surface area contributed by atoms with Gasteiger partial charge in [0.25, 0.3) is 0 Å². The molecule has 0 saturated carbocycles. The predicted molar refractivity (Wildman–Crippen MR) is 108 cm³/mol. The smallest absolute Gasteiger partial charge is 0.213 e. The molecule has 0 aliphatic carbocycles. The van der Waals surface area contributed by atoms with Gasteiger partial charge < -0.3 is 9.32 Å². The molecule has 27 heavy (non-hydrogen) atoms. The lowest BCUT2D eigenvalue weighted by Gasteiger charge is -2.24. The van der Waals surface area contributed by atoms with Crippen LogP contribution in [0.15, 0.2) is 93.1 Å². The van der Waals surface area contributed by atoms with Gasteiger partial charge in [-0.3, -0.25) is 9.79 Å². The molecule has 4 heteroatoms. The van der Waals surface area contributed by atoms with Crippen molar-refractivity contribution in [1.29, 1.82) is 0 Å². The highest BCUT2D eigenvalue weighted by Gasteiger charge is 2.24. The van der Waals surface area contributed by atoms with E-state index < -0.39 is 0 Å². The molecule has 1 aliphatic heterocycles. The van der Waals surface area contributed by atoms with E-state index in [1.54, 1.807) is 12.3 Å². The summed E-state index contributed by atoms with van der Waals surface area (Å²) in [6.07, 6.45) is 1.62. The van der Waals surface area contributed by atoms with E-state index in [0.717, 1.165) is 16.9 Å². The van der Waals surface area contributed by atoms with E-state index in [1.807, 2.05) is 65.6 Å². The number of rotatable bonds is 2. The van der Waals surface area contributed by atoms with Crippen molar-refractivity contribution in [3.05, 3.63) is 100 Å². The molecule has 0 N–H and O–H groups in total. The Morgan fingerprint density at radius 3 is 2.48 bits per heavy atom. The normalized spacial score (nSPS) is 12.5. The molecule has 1 aliphatic rings. The van der Waals surface area contributed by atoms with Gasteiger partial charge in [0.05, 0.1) is 23.3 Å². The molecular weight excluding hydrogens is 336 g/mol. The zero-order valence-electron chi connectivity index (χ0n) is 14.5. The van der Waals surface area contributed by atoms with E-state index in [0.29, 0.717) is 29.0 Å². The molecule has 3 aromatic carbocycles. The maximum atomic E-state index is 13.1. The molecular formula is C23H16N2O2. The second-order valence-corrected chi connectivity index (χ2v) is 6.46. The fourth-order valence-electron chi connectivity index (χ4n) is 3.43. The summed E-state index contributed by atoms with van der Waals surface area (Å²) in [4.78, 5) is 19.7. The zero-order valence-corrected chi connectivity index (χ0v) is 14.5. The van der Waals surface area contributed by atoms with Gasteiger partial charge in [-0.1, -0.05) is 54.6 Å². The molecule has 130 valence electrons. The van der Waals surface area contributed by atoms with Crippen molar-refractivity contribution < 1.29 is 4.42 Å². The van der Waals surface area contributed by atoms with E-state index in [4.69, 9.17) is 4.42 Å². The second-order valence-electron chi connectivity index (χ2n) is 6.46. The molecule has 0 atom stereocenters. The van der Waals surface area contributed by atoms with Crippen LogP contribution in [0.2, 0.25) is 0 Å². The van der Waals surface area contributed by atoms with Crippen LogP contribution in [0.5, 0.6) is 0 Å². The van der Waals surface area contributed by atoms with Gasteiger partial charge in [0.2, 0.25) is 11.3 Å². The number of hydrogen-bond acceptors (Lipinski definition) is 4. The van der Waals surface area contributed by atoms with Gasteiger partial charge in [0, 0.05) is 6.21 Å². The van der Waals surface area contributed by atoms with Crippen molar-refractivity contribution in [2.45, 2.75) is 6.54 Å². The summed E-state index contributed by atoms with van der Waals surface area (Å²) in [5.74, 6) is 0.524. The quantitative estimate of drug-likeness (QED) is 0.498. The fourth-order valence-corrected chi connectivity index (χ4v) is 3.43. The summed E-state index contributed by atoms with van der Waals surface area (Å²) < 4.78 is 6.22. The Morgan fingerprint density at radius 1 is 0.852 bits per heavy atom. The average Bonchev–Trinajstić information content (AvgIpc) is 2.87. The van der Waals surface area contributed by atoms with E-state index in [2.05, 4.69) is 17.1 Å². The Hall–Kier alpha value is -3.66. The number of aliphatic imine (C=N–C) groups is 1. The molecule has 0 unspecified atom stereocenters. The number of para-hydroxylation sites is 3. The zero-order chi connectivity index (χ0) is 18.2. The fraction of sp³-hybridized carbons (Fsp3) is 0.0435. The van der Waals surface area contributed by atoms with E-state index >= 15 is 0 Å². The van der Waals surface area contributed by atoms with Crippen LogP contribution in [0.3, 0.4) is 0 Å². The van der Waals surface area contributed by atoms with Crippen molar-refractivity contribution in [1.82, 2.24) is 0 Å². The highest BCUT2D eigenvalue weighted by molar-refractivity contribution is 5.97. The maximum Gasteiger partial charge on any atom is 0.213 e.